The van der Waals surface area contributed by atoms with Gasteiger partial charge in [0.25, 0.3) is 0 Å². The molecule has 0 N–H and O–H groups in total. The average Bonchev–Trinajstić information content (AvgIpc) is 3.94. The van der Waals surface area contributed by atoms with Crippen LogP contribution in [0.15, 0.2) is 231 Å². The Morgan fingerprint density at radius 1 is 0.339 bits per heavy atom. The molecule has 0 aliphatic rings. The lowest BCUT2D eigenvalue weighted by atomic mass is 10.0. The van der Waals surface area contributed by atoms with Crippen LogP contribution in [0.3, 0.4) is 0 Å². The molecular formula is C57H38N4S. The molecule has 12 aromatic rings. The minimum Gasteiger partial charge on any atom is -0.310 e. The number of hydrogen-bond acceptors (Lipinski definition) is 4. The number of hydrogen-bond donors (Lipinski definition) is 0. The van der Waals surface area contributed by atoms with Gasteiger partial charge in [0.2, 0.25) is 0 Å². The molecule has 0 bridgehead atoms. The first-order valence-electron chi connectivity index (χ1n) is 21.0. The van der Waals surface area contributed by atoms with Crippen molar-refractivity contribution in [3.8, 4) is 16.3 Å². The highest BCUT2D eigenvalue weighted by Gasteiger charge is 2.21. The minimum atomic E-state index is 1.02. The van der Waals surface area contributed by atoms with E-state index in [1.807, 2.05) is 0 Å². The van der Waals surface area contributed by atoms with Crippen molar-refractivity contribution in [1.29, 1.82) is 0 Å². The molecule has 0 fully saturated rings. The highest BCUT2D eigenvalue weighted by atomic mass is 32.1. The van der Waals surface area contributed by atoms with E-state index in [2.05, 4.69) is 245 Å². The van der Waals surface area contributed by atoms with Crippen molar-refractivity contribution in [3.63, 3.8) is 0 Å². The van der Waals surface area contributed by atoms with E-state index in [0.29, 0.717) is 0 Å². The summed E-state index contributed by atoms with van der Waals surface area (Å²) in [6.07, 6.45) is 0. The van der Waals surface area contributed by atoms with Gasteiger partial charge in [0.05, 0.1) is 21.3 Å². The summed E-state index contributed by atoms with van der Waals surface area (Å²) in [5.41, 5.74) is 12.1. The van der Waals surface area contributed by atoms with Crippen LogP contribution in [0.4, 0.5) is 34.1 Å². The number of anilines is 6. The van der Waals surface area contributed by atoms with Crippen molar-refractivity contribution in [2.45, 2.75) is 0 Å². The van der Waals surface area contributed by atoms with Crippen LogP contribution in [0, 0.1) is 0 Å². The maximum atomic E-state index is 5.29. The molecule has 292 valence electrons. The topological polar surface area (TPSA) is 24.3 Å². The zero-order valence-corrected chi connectivity index (χ0v) is 34.5. The lowest BCUT2D eigenvalue weighted by molar-refractivity contribution is 1.18. The Morgan fingerprint density at radius 3 is 1.48 bits per heavy atom. The molecule has 5 heteroatoms. The molecule has 62 heavy (non-hydrogen) atoms. The summed E-state index contributed by atoms with van der Waals surface area (Å²) in [7, 11) is 0. The van der Waals surface area contributed by atoms with E-state index < -0.39 is 0 Å². The summed E-state index contributed by atoms with van der Waals surface area (Å²) in [6.45, 7) is 0. The van der Waals surface area contributed by atoms with E-state index in [1.165, 1.54) is 42.5 Å². The standard InChI is InChI=1S/C57H38N4S/c1-4-17-40(18-5-1)59(43-33-31-39(32-34-43)57-58-55-51-28-12-10-25-47(51)48-26-11-13-29-52(48)56(55)62-57)44-23-16-24-45(37-44)60(41-19-6-2-7-20-41)46-35-36-50-49-27-14-15-30-53(49)61(54(50)38-46)42-21-8-3-9-22-42/h1-38H. The molecule has 2 aromatic heterocycles. The van der Waals surface area contributed by atoms with E-state index >= 15 is 0 Å². The van der Waals surface area contributed by atoms with Crippen LogP contribution >= 0.6 is 11.3 Å². The molecule has 0 saturated carbocycles. The van der Waals surface area contributed by atoms with Crippen molar-refractivity contribution >= 4 is 99.0 Å². The predicted molar refractivity (Wildman–Crippen MR) is 264 cm³/mol. The monoisotopic (exact) mass is 810 g/mol. The smallest absolute Gasteiger partial charge is 0.124 e. The molecule has 0 aliphatic heterocycles. The molecule has 2 heterocycles. The summed E-state index contributed by atoms with van der Waals surface area (Å²) >= 11 is 1.77. The second-order valence-electron chi connectivity index (χ2n) is 15.6. The number of thiazole rings is 1. The van der Waals surface area contributed by atoms with Gasteiger partial charge in [-0.1, -0.05) is 133 Å². The largest absolute Gasteiger partial charge is 0.310 e. The SMILES string of the molecule is c1ccc(N(c2ccc(-c3nc4c5ccccc5c5ccccc5c4s3)cc2)c2cccc(N(c3ccccc3)c3ccc4c5ccccc5n(-c5ccccc5)c4c3)c2)cc1. The van der Waals surface area contributed by atoms with Gasteiger partial charge in [-0.2, -0.15) is 0 Å². The van der Waals surface area contributed by atoms with Gasteiger partial charge >= 0.3 is 0 Å². The van der Waals surface area contributed by atoms with Gasteiger partial charge < -0.3 is 14.4 Å². The Morgan fingerprint density at radius 2 is 0.806 bits per heavy atom. The van der Waals surface area contributed by atoms with E-state index in [-0.39, 0.29) is 0 Å². The molecule has 12 rings (SSSR count). The highest BCUT2D eigenvalue weighted by molar-refractivity contribution is 7.22. The van der Waals surface area contributed by atoms with Gasteiger partial charge in [0.1, 0.15) is 5.01 Å². The van der Waals surface area contributed by atoms with Crippen molar-refractivity contribution in [2.75, 3.05) is 9.80 Å². The fourth-order valence-electron chi connectivity index (χ4n) is 9.18. The third kappa shape index (κ3) is 6.01. The van der Waals surface area contributed by atoms with Crippen LogP contribution in [0.2, 0.25) is 0 Å². The third-order valence-corrected chi connectivity index (χ3v) is 13.1. The first-order chi connectivity index (χ1) is 30.8. The zero-order chi connectivity index (χ0) is 41.0. The van der Waals surface area contributed by atoms with Crippen LogP contribution in [0.5, 0.6) is 0 Å². The van der Waals surface area contributed by atoms with Gasteiger partial charge in [0.15, 0.2) is 0 Å². The highest BCUT2D eigenvalue weighted by Crippen LogP contribution is 2.44. The lowest BCUT2D eigenvalue weighted by Gasteiger charge is -2.29. The second-order valence-corrected chi connectivity index (χ2v) is 16.6. The normalized spacial score (nSPS) is 11.5. The van der Waals surface area contributed by atoms with Gasteiger partial charge in [-0.25, -0.2) is 4.98 Å². The van der Waals surface area contributed by atoms with Crippen molar-refractivity contribution in [3.05, 3.63) is 231 Å². The van der Waals surface area contributed by atoms with Crippen molar-refractivity contribution in [2.24, 2.45) is 0 Å². The fraction of sp³-hybridized carbons (Fsp3) is 0. The number of fused-ring (bicyclic) bond motifs is 9. The van der Waals surface area contributed by atoms with Crippen molar-refractivity contribution < 1.29 is 0 Å². The summed E-state index contributed by atoms with van der Waals surface area (Å²) in [6, 6.07) is 82.6. The van der Waals surface area contributed by atoms with Crippen LogP contribution in [-0.4, -0.2) is 9.55 Å². The molecule has 0 aliphatic carbocycles. The Hall–Kier alpha value is -7.99. The van der Waals surface area contributed by atoms with Gasteiger partial charge in [0, 0.05) is 66.9 Å². The van der Waals surface area contributed by atoms with Crippen molar-refractivity contribution in [1.82, 2.24) is 9.55 Å². The first-order valence-corrected chi connectivity index (χ1v) is 21.8. The van der Waals surface area contributed by atoms with E-state index in [4.69, 9.17) is 4.98 Å². The Labute approximate surface area is 363 Å². The Balaban J connectivity index is 0.975. The number of benzene rings is 10. The molecule has 0 atom stereocenters. The molecular weight excluding hydrogens is 773 g/mol. The number of aromatic nitrogens is 2. The van der Waals surface area contributed by atoms with Gasteiger partial charge in [-0.15, -0.1) is 11.3 Å². The second kappa shape index (κ2) is 14.9. The summed E-state index contributed by atoms with van der Waals surface area (Å²) in [5, 5.41) is 8.43. The number of para-hydroxylation sites is 4. The maximum absolute atomic E-state index is 5.29. The van der Waals surface area contributed by atoms with Crippen LogP contribution in [0.25, 0.3) is 69.8 Å². The third-order valence-electron chi connectivity index (χ3n) is 11.9. The van der Waals surface area contributed by atoms with Gasteiger partial charge in [-0.3, -0.25) is 0 Å². The predicted octanol–water partition coefficient (Wildman–Crippen LogP) is 16.3. The quantitative estimate of drug-likeness (QED) is 0.143. The van der Waals surface area contributed by atoms with E-state index in [1.54, 1.807) is 11.3 Å². The number of rotatable bonds is 8. The fourth-order valence-corrected chi connectivity index (χ4v) is 10.3. The maximum Gasteiger partial charge on any atom is 0.124 e. The summed E-state index contributed by atoms with van der Waals surface area (Å²) < 4.78 is 3.61. The van der Waals surface area contributed by atoms with Gasteiger partial charge in [-0.05, 0) is 108 Å². The molecule has 0 unspecified atom stereocenters. The molecule has 10 aromatic carbocycles. The zero-order valence-electron chi connectivity index (χ0n) is 33.6. The minimum absolute atomic E-state index is 1.02. The summed E-state index contributed by atoms with van der Waals surface area (Å²) in [4.78, 5) is 10.00. The Kier molecular flexibility index (Phi) is 8.65. The van der Waals surface area contributed by atoms with E-state index in [9.17, 15) is 0 Å². The molecule has 4 nitrogen and oxygen atoms in total. The summed E-state index contributed by atoms with van der Waals surface area (Å²) in [5.74, 6) is 0. The molecule has 0 radical (unpaired) electrons. The number of nitrogens with zero attached hydrogens (tertiary/aromatic N) is 4. The molecule has 0 saturated heterocycles. The first kappa shape index (κ1) is 35.9. The van der Waals surface area contributed by atoms with Crippen LogP contribution < -0.4 is 9.80 Å². The van der Waals surface area contributed by atoms with E-state index in [0.717, 1.165) is 61.4 Å². The molecule has 0 amide bonds. The van der Waals surface area contributed by atoms with Crippen LogP contribution in [-0.2, 0) is 0 Å². The van der Waals surface area contributed by atoms with Crippen LogP contribution in [0.1, 0.15) is 0 Å². The average molecular weight is 811 g/mol. The lowest BCUT2D eigenvalue weighted by Crippen LogP contribution is -2.13. The molecule has 0 spiro atoms. The Bertz CT molecular complexity index is 3500.